The van der Waals surface area contributed by atoms with Gasteiger partial charge in [-0.15, -0.1) is 0 Å². The van der Waals surface area contributed by atoms with E-state index in [0.717, 1.165) is 16.3 Å². The summed E-state index contributed by atoms with van der Waals surface area (Å²) in [6.07, 6.45) is 0. The molecule has 0 fully saturated rings. The Labute approximate surface area is 104 Å². The van der Waals surface area contributed by atoms with Crippen LogP contribution in [0, 0.1) is 6.92 Å². The van der Waals surface area contributed by atoms with Crippen molar-refractivity contribution in [1.82, 2.24) is 9.55 Å². The fraction of sp³-hybridized carbons (Fsp3) is 0.154. The van der Waals surface area contributed by atoms with Gasteiger partial charge in [-0.2, -0.15) is 0 Å². The van der Waals surface area contributed by atoms with Gasteiger partial charge in [0.15, 0.2) is 5.13 Å². The second-order valence-corrected chi connectivity index (χ2v) is 4.98. The molecule has 17 heavy (non-hydrogen) atoms. The summed E-state index contributed by atoms with van der Waals surface area (Å²) in [6, 6.07) is 12.3. The standard InChI is InChI=1S/C13H13N3S/c1-9-6-7-10(8-14)16(9)13-15-11-4-2-3-5-12(11)17-13/h2-7H,8,14H2,1H3. The third-order valence-corrected chi connectivity index (χ3v) is 3.86. The largest absolute Gasteiger partial charge is 0.325 e. The average Bonchev–Trinajstić information content (AvgIpc) is 2.91. The lowest BCUT2D eigenvalue weighted by atomic mass is 10.3. The van der Waals surface area contributed by atoms with Gasteiger partial charge in [-0.3, -0.25) is 4.57 Å². The molecule has 3 rings (SSSR count). The molecule has 0 atom stereocenters. The molecule has 0 radical (unpaired) electrons. The first-order valence-corrected chi connectivity index (χ1v) is 6.34. The van der Waals surface area contributed by atoms with E-state index in [9.17, 15) is 0 Å². The summed E-state index contributed by atoms with van der Waals surface area (Å²) in [5, 5.41) is 0.995. The molecular formula is C13H13N3S. The van der Waals surface area contributed by atoms with E-state index in [2.05, 4.69) is 34.7 Å². The lowest BCUT2D eigenvalue weighted by molar-refractivity contribution is 0.881. The molecule has 0 aliphatic carbocycles. The number of hydrogen-bond acceptors (Lipinski definition) is 3. The first-order chi connectivity index (χ1) is 8.29. The molecule has 4 heteroatoms. The van der Waals surface area contributed by atoms with E-state index in [1.807, 2.05) is 18.2 Å². The van der Waals surface area contributed by atoms with E-state index in [1.165, 1.54) is 10.4 Å². The number of hydrogen-bond donors (Lipinski definition) is 1. The van der Waals surface area contributed by atoms with E-state index in [-0.39, 0.29) is 0 Å². The molecule has 3 aromatic rings. The molecule has 3 nitrogen and oxygen atoms in total. The highest BCUT2D eigenvalue weighted by atomic mass is 32.1. The van der Waals surface area contributed by atoms with Gasteiger partial charge >= 0.3 is 0 Å². The topological polar surface area (TPSA) is 43.8 Å². The van der Waals surface area contributed by atoms with Gasteiger partial charge in [0.1, 0.15) is 0 Å². The lowest BCUT2D eigenvalue weighted by Crippen LogP contribution is -2.06. The van der Waals surface area contributed by atoms with Crippen molar-refractivity contribution in [2.24, 2.45) is 5.73 Å². The molecular weight excluding hydrogens is 230 g/mol. The Morgan fingerprint density at radius 2 is 2.06 bits per heavy atom. The highest BCUT2D eigenvalue weighted by molar-refractivity contribution is 7.20. The number of para-hydroxylation sites is 1. The molecule has 86 valence electrons. The fourth-order valence-electron chi connectivity index (χ4n) is 1.98. The SMILES string of the molecule is Cc1ccc(CN)n1-c1nc2ccccc2s1. The smallest absolute Gasteiger partial charge is 0.195 e. The van der Waals surface area contributed by atoms with Crippen molar-refractivity contribution < 1.29 is 0 Å². The van der Waals surface area contributed by atoms with Crippen LogP contribution < -0.4 is 5.73 Å². The number of aryl methyl sites for hydroxylation is 1. The molecule has 0 aliphatic heterocycles. The van der Waals surface area contributed by atoms with E-state index < -0.39 is 0 Å². The van der Waals surface area contributed by atoms with Gasteiger partial charge < -0.3 is 5.73 Å². The van der Waals surface area contributed by atoms with Crippen LogP contribution in [0.15, 0.2) is 36.4 Å². The van der Waals surface area contributed by atoms with Crippen LogP contribution in [-0.4, -0.2) is 9.55 Å². The summed E-state index contributed by atoms with van der Waals surface area (Å²) in [7, 11) is 0. The van der Waals surface area contributed by atoms with Crippen molar-refractivity contribution in [2.45, 2.75) is 13.5 Å². The molecule has 0 bridgehead atoms. The minimum atomic E-state index is 0.532. The van der Waals surface area contributed by atoms with Crippen molar-refractivity contribution >= 4 is 21.6 Å². The Balaban J connectivity index is 2.23. The number of nitrogens with zero attached hydrogens (tertiary/aromatic N) is 2. The molecule has 0 saturated heterocycles. The first kappa shape index (κ1) is 10.5. The minimum Gasteiger partial charge on any atom is -0.325 e. The van der Waals surface area contributed by atoms with Crippen LogP contribution in [0.2, 0.25) is 0 Å². The van der Waals surface area contributed by atoms with Gasteiger partial charge in [0.2, 0.25) is 0 Å². The van der Waals surface area contributed by atoms with Gasteiger partial charge in [0, 0.05) is 17.9 Å². The molecule has 2 N–H and O–H groups in total. The van der Waals surface area contributed by atoms with Crippen LogP contribution in [0.1, 0.15) is 11.4 Å². The van der Waals surface area contributed by atoms with E-state index >= 15 is 0 Å². The molecule has 2 aromatic heterocycles. The number of aromatic nitrogens is 2. The Bertz CT molecular complexity index is 633. The van der Waals surface area contributed by atoms with Crippen molar-refractivity contribution in [1.29, 1.82) is 0 Å². The maximum Gasteiger partial charge on any atom is 0.195 e. The Kier molecular flexibility index (Phi) is 2.46. The Hall–Kier alpha value is -1.65. The minimum absolute atomic E-state index is 0.532. The summed E-state index contributed by atoms with van der Waals surface area (Å²) < 4.78 is 3.34. The maximum absolute atomic E-state index is 5.75. The molecule has 2 heterocycles. The van der Waals surface area contributed by atoms with Crippen LogP contribution in [0.5, 0.6) is 0 Å². The summed E-state index contributed by atoms with van der Waals surface area (Å²) in [5.74, 6) is 0. The second-order valence-electron chi connectivity index (χ2n) is 3.97. The van der Waals surface area contributed by atoms with Crippen molar-refractivity contribution in [2.75, 3.05) is 0 Å². The predicted octanol–water partition coefficient (Wildman–Crippen LogP) is 2.85. The van der Waals surface area contributed by atoms with Crippen molar-refractivity contribution in [3.8, 4) is 5.13 Å². The monoisotopic (exact) mass is 243 g/mol. The first-order valence-electron chi connectivity index (χ1n) is 5.53. The highest BCUT2D eigenvalue weighted by Gasteiger charge is 2.10. The number of fused-ring (bicyclic) bond motifs is 1. The van der Waals surface area contributed by atoms with Crippen molar-refractivity contribution in [3.05, 3.63) is 47.8 Å². The molecule has 0 saturated carbocycles. The van der Waals surface area contributed by atoms with Gasteiger partial charge in [0.05, 0.1) is 10.2 Å². The zero-order chi connectivity index (χ0) is 11.8. The van der Waals surface area contributed by atoms with E-state index in [4.69, 9.17) is 5.73 Å². The van der Waals surface area contributed by atoms with Crippen molar-refractivity contribution in [3.63, 3.8) is 0 Å². The molecule has 0 unspecified atom stereocenters. The number of nitrogens with two attached hydrogens (primary N) is 1. The maximum atomic E-state index is 5.75. The number of rotatable bonds is 2. The lowest BCUT2D eigenvalue weighted by Gasteiger charge is -2.05. The van der Waals surface area contributed by atoms with Crippen LogP contribution in [0.3, 0.4) is 0 Å². The third-order valence-electron chi connectivity index (χ3n) is 2.84. The fourth-order valence-corrected chi connectivity index (χ4v) is 3.04. The van der Waals surface area contributed by atoms with Gasteiger partial charge in [-0.25, -0.2) is 4.98 Å². The van der Waals surface area contributed by atoms with Crippen LogP contribution in [-0.2, 0) is 6.54 Å². The zero-order valence-corrected chi connectivity index (χ0v) is 10.4. The van der Waals surface area contributed by atoms with Crippen LogP contribution >= 0.6 is 11.3 Å². The summed E-state index contributed by atoms with van der Waals surface area (Å²) >= 11 is 1.69. The normalized spacial score (nSPS) is 11.2. The summed E-state index contributed by atoms with van der Waals surface area (Å²) in [6.45, 7) is 2.61. The third kappa shape index (κ3) is 1.66. The predicted molar refractivity (Wildman–Crippen MR) is 71.6 cm³/mol. The zero-order valence-electron chi connectivity index (χ0n) is 9.55. The Morgan fingerprint density at radius 3 is 2.82 bits per heavy atom. The summed E-state index contributed by atoms with van der Waals surface area (Å²) in [4.78, 5) is 4.65. The van der Waals surface area contributed by atoms with Crippen LogP contribution in [0.25, 0.3) is 15.3 Å². The summed E-state index contributed by atoms with van der Waals surface area (Å²) in [5.41, 5.74) is 9.07. The second kappa shape index (κ2) is 3.98. The van der Waals surface area contributed by atoms with Gasteiger partial charge in [0.25, 0.3) is 0 Å². The van der Waals surface area contributed by atoms with E-state index in [1.54, 1.807) is 11.3 Å². The average molecular weight is 243 g/mol. The quantitative estimate of drug-likeness (QED) is 0.752. The van der Waals surface area contributed by atoms with Gasteiger partial charge in [-0.05, 0) is 31.2 Å². The van der Waals surface area contributed by atoms with E-state index in [0.29, 0.717) is 6.54 Å². The molecule has 1 aromatic carbocycles. The highest BCUT2D eigenvalue weighted by Crippen LogP contribution is 2.26. The molecule has 0 amide bonds. The molecule has 0 aliphatic rings. The number of thiazole rings is 1. The number of benzene rings is 1. The Morgan fingerprint density at radius 1 is 1.24 bits per heavy atom. The van der Waals surface area contributed by atoms with Crippen LogP contribution in [0.4, 0.5) is 0 Å². The molecule has 0 spiro atoms. The van der Waals surface area contributed by atoms with Gasteiger partial charge in [-0.1, -0.05) is 23.5 Å².